The first kappa shape index (κ1) is 11.3. The van der Waals surface area contributed by atoms with Gasteiger partial charge in [0.15, 0.2) is 5.78 Å². The molecule has 0 fully saturated rings. The summed E-state index contributed by atoms with van der Waals surface area (Å²) in [6.07, 6.45) is 3.76. The molecular formula is C14H14N2O. The predicted molar refractivity (Wildman–Crippen MR) is 67.9 cm³/mol. The Morgan fingerprint density at radius 1 is 1.29 bits per heavy atom. The highest BCUT2D eigenvalue weighted by Crippen LogP contribution is 2.17. The van der Waals surface area contributed by atoms with Crippen molar-refractivity contribution in [2.75, 3.05) is 5.73 Å². The van der Waals surface area contributed by atoms with Crippen LogP contribution in [-0.2, 0) is 6.42 Å². The molecule has 0 aliphatic carbocycles. The first-order valence-electron chi connectivity index (χ1n) is 5.45. The quantitative estimate of drug-likeness (QED) is 0.645. The van der Waals surface area contributed by atoms with Crippen LogP contribution in [0, 0.1) is 6.92 Å². The first-order chi connectivity index (χ1) is 8.18. The Bertz CT molecular complexity index is 535. The lowest BCUT2D eigenvalue weighted by Gasteiger charge is -2.07. The van der Waals surface area contributed by atoms with Gasteiger partial charge in [-0.15, -0.1) is 0 Å². The van der Waals surface area contributed by atoms with Gasteiger partial charge in [0.1, 0.15) is 0 Å². The predicted octanol–water partition coefficient (Wildman–Crippen LogP) is 2.40. The lowest BCUT2D eigenvalue weighted by atomic mass is 9.99. The Morgan fingerprint density at radius 3 is 2.82 bits per heavy atom. The zero-order valence-corrected chi connectivity index (χ0v) is 9.68. The maximum absolute atomic E-state index is 12.1. The number of Topliss-reactive ketones (excluding diaryl/α,β-unsaturated/α-hetero) is 1. The van der Waals surface area contributed by atoms with Crippen molar-refractivity contribution in [2.45, 2.75) is 13.3 Å². The summed E-state index contributed by atoms with van der Waals surface area (Å²) in [5, 5.41) is 0. The Hall–Kier alpha value is -2.16. The number of rotatable bonds is 3. The van der Waals surface area contributed by atoms with Gasteiger partial charge >= 0.3 is 0 Å². The molecule has 1 aromatic heterocycles. The standard InChI is InChI=1S/C14H14N2O/c1-10-12(5-2-6-13(10)15)14(17)8-11-4-3-7-16-9-11/h2-7,9H,8,15H2,1H3. The van der Waals surface area contributed by atoms with E-state index in [2.05, 4.69) is 4.98 Å². The fourth-order valence-corrected chi connectivity index (χ4v) is 1.74. The van der Waals surface area contributed by atoms with Gasteiger partial charge in [0.05, 0.1) is 0 Å². The largest absolute Gasteiger partial charge is 0.398 e. The third-order valence-electron chi connectivity index (χ3n) is 2.76. The van der Waals surface area contributed by atoms with Gasteiger partial charge in [-0.3, -0.25) is 9.78 Å². The van der Waals surface area contributed by atoms with Gasteiger partial charge in [-0.05, 0) is 30.2 Å². The number of pyridine rings is 1. The van der Waals surface area contributed by atoms with E-state index in [9.17, 15) is 4.79 Å². The van der Waals surface area contributed by atoms with Crippen molar-refractivity contribution in [1.29, 1.82) is 0 Å². The molecule has 2 rings (SSSR count). The average molecular weight is 226 g/mol. The van der Waals surface area contributed by atoms with Crippen LogP contribution in [0.15, 0.2) is 42.7 Å². The van der Waals surface area contributed by atoms with Crippen molar-refractivity contribution in [2.24, 2.45) is 0 Å². The highest BCUT2D eigenvalue weighted by molar-refractivity contribution is 5.99. The molecule has 1 heterocycles. The van der Waals surface area contributed by atoms with Gasteiger partial charge < -0.3 is 5.73 Å². The van der Waals surface area contributed by atoms with E-state index < -0.39 is 0 Å². The van der Waals surface area contributed by atoms with E-state index in [1.807, 2.05) is 25.1 Å². The monoisotopic (exact) mass is 226 g/mol. The van der Waals surface area contributed by atoms with Gasteiger partial charge in [-0.1, -0.05) is 18.2 Å². The van der Waals surface area contributed by atoms with E-state index >= 15 is 0 Å². The van der Waals surface area contributed by atoms with E-state index in [4.69, 9.17) is 5.73 Å². The van der Waals surface area contributed by atoms with Gasteiger partial charge in [-0.25, -0.2) is 0 Å². The van der Waals surface area contributed by atoms with Crippen LogP contribution in [0.2, 0.25) is 0 Å². The zero-order chi connectivity index (χ0) is 12.3. The summed E-state index contributed by atoms with van der Waals surface area (Å²) >= 11 is 0. The van der Waals surface area contributed by atoms with Crippen molar-refractivity contribution in [3.8, 4) is 0 Å². The number of hydrogen-bond donors (Lipinski definition) is 1. The smallest absolute Gasteiger partial charge is 0.167 e. The topological polar surface area (TPSA) is 56.0 Å². The van der Waals surface area contributed by atoms with E-state index in [0.717, 1.165) is 11.1 Å². The van der Waals surface area contributed by atoms with Crippen molar-refractivity contribution >= 4 is 11.5 Å². The normalized spacial score (nSPS) is 10.2. The summed E-state index contributed by atoms with van der Waals surface area (Å²) in [6, 6.07) is 9.14. The first-order valence-corrected chi connectivity index (χ1v) is 5.45. The van der Waals surface area contributed by atoms with E-state index in [1.165, 1.54) is 0 Å². The number of benzene rings is 1. The molecule has 0 saturated carbocycles. The molecule has 0 atom stereocenters. The number of nitrogens with two attached hydrogens (primary N) is 1. The number of ketones is 1. The Morgan fingerprint density at radius 2 is 2.12 bits per heavy atom. The third-order valence-corrected chi connectivity index (χ3v) is 2.76. The van der Waals surface area contributed by atoms with Crippen LogP contribution < -0.4 is 5.73 Å². The second-order valence-electron chi connectivity index (χ2n) is 3.98. The molecule has 0 aliphatic heterocycles. The second-order valence-corrected chi connectivity index (χ2v) is 3.98. The third kappa shape index (κ3) is 2.50. The number of aromatic nitrogens is 1. The number of carbonyl (C=O) groups excluding carboxylic acids is 1. The number of carbonyl (C=O) groups is 1. The Kier molecular flexibility index (Phi) is 3.19. The number of anilines is 1. The minimum absolute atomic E-state index is 0.0720. The van der Waals surface area contributed by atoms with Crippen molar-refractivity contribution in [3.63, 3.8) is 0 Å². The van der Waals surface area contributed by atoms with Crippen LogP contribution in [0.1, 0.15) is 21.5 Å². The summed E-state index contributed by atoms with van der Waals surface area (Å²) in [5.74, 6) is 0.0720. The van der Waals surface area contributed by atoms with E-state index in [-0.39, 0.29) is 5.78 Å². The summed E-state index contributed by atoms with van der Waals surface area (Å²) in [5.41, 5.74) is 8.90. The minimum Gasteiger partial charge on any atom is -0.398 e. The Labute approximate surface area is 100 Å². The molecular weight excluding hydrogens is 212 g/mol. The molecule has 0 bridgehead atoms. The molecule has 0 amide bonds. The Balaban J connectivity index is 2.24. The van der Waals surface area contributed by atoms with Crippen LogP contribution in [0.3, 0.4) is 0 Å². The molecule has 2 aromatic rings. The van der Waals surface area contributed by atoms with Gasteiger partial charge in [0, 0.05) is 30.1 Å². The van der Waals surface area contributed by atoms with Gasteiger partial charge in [-0.2, -0.15) is 0 Å². The molecule has 0 unspecified atom stereocenters. The molecule has 86 valence electrons. The molecule has 0 radical (unpaired) electrons. The highest BCUT2D eigenvalue weighted by atomic mass is 16.1. The summed E-state index contributed by atoms with van der Waals surface area (Å²) in [6.45, 7) is 1.87. The fraction of sp³-hybridized carbons (Fsp3) is 0.143. The molecule has 17 heavy (non-hydrogen) atoms. The lowest BCUT2D eigenvalue weighted by molar-refractivity contribution is 0.0992. The van der Waals surface area contributed by atoms with Crippen LogP contribution >= 0.6 is 0 Å². The van der Waals surface area contributed by atoms with Gasteiger partial charge in [0.2, 0.25) is 0 Å². The summed E-state index contributed by atoms with van der Waals surface area (Å²) in [7, 11) is 0. The van der Waals surface area contributed by atoms with E-state index in [1.54, 1.807) is 24.5 Å². The number of hydrogen-bond acceptors (Lipinski definition) is 3. The number of nitrogens with zero attached hydrogens (tertiary/aromatic N) is 1. The minimum atomic E-state index is 0.0720. The summed E-state index contributed by atoms with van der Waals surface area (Å²) < 4.78 is 0. The number of nitrogen functional groups attached to an aromatic ring is 1. The highest BCUT2D eigenvalue weighted by Gasteiger charge is 2.11. The molecule has 2 N–H and O–H groups in total. The summed E-state index contributed by atoms with van der Waals surface area (Å²) in [4.78, 5) is 16.1. The van der Waals surface area contributed by atoms with Crippen molar-refractivity contribution in [1.82, 2.24) is 4.98 Å². The van der Waals surface area contributed by atoms with Crippen molar-refractivity contribution in [3.05, 3.63) is 59.4 Å². The fourth-order valence-electron chi connectivity index (χ4n) is 1.74. The van der Waals surface area contributed by atoms with Crippen LogP contribution in [0.25, 0.3) is 0 Å². The second kappa shape index (κ2) is 4.78. The van der Waals surface area contributed by atoms with Crippen LogP contribution in [0.4, 0.5) is 5.69 Å². The SMILES string of the molecule is Cc1c(N)cccc1C(=O)Cc1cccnc1. The maximum atomic E-state index is 12.1. The molecule has 3 nitrogen and oxygen atoms in total. The molecule has 0 spiro atoms. The molecule has 1 aromatic carbocycles. The van der Waals surface area contributed by atoms with E-state index in [0.29, 0.717) is 17.7 Å². The molecule has 0 aliphatic rings. The average Bonchev–Trinajstić information content (AvgIpc) is 2.34. The van der Waals surface area contributed by atoms with Crippen LogP contribution in [-0.4, -0.2) is 10.8 Å². The maximum Gasteiger partial charge on any atom is 0.167 e. The van der Waals surface area contributed by atoms with Gasteiger partial charge in [0.25, 0.3) is 0 Å². The van der Waals surface area contributed by atoms with Crippen molar-refractivity contribution < 1.29 is 4.79 Å². The molecule has 0 saturated heterocycles. The zero-order valence-electron chi connectivity index (χ0n) is 9.68. The lowest BCUT2D eigenvalue weighted by Crippen LogP contribution is -2.07. The van der Waals surface area contributed by atoms with Crippen LogP contribution in [0.5, 0.6) is 0 Å². The molecule has 3 heteroatoms.